The zero-order valence-corrected chi connectivity index (χ0v) is 19.2. The second-order valence-electron chi connectivity index (χ2n) is 7.72. The van der Waals surface area contributed by atoms with Gasteiger partial charge in [0.15, 0.2) is 0 Å². The fourth-order valence-corrected chi connectivity index (χ4v) is 2.98. The van der Waals surface area contributed by atoms with Gasteiger partial charge in [-0.1, -0.05) is 30.3 Å². The van der Waals surface area contributed by atoms with E-state index < -0.39 is 41.9 Å². The summed E-state index contributed by atoms with van der Waals surface area (Å²) >= 11 is 0. The van der Waals surface area contributed by atoms with Gasteiger partial charge in [-0.25, -0.2) is 15.0 Å². The molecule has 13 nitrogen and oxygen atoms in total. The molecule has 1 aromatic carbocycles. The lowest BCUT2D eigenvalue weighted by atomic mass is 10.2. The summed E-state index contributed by atoms with van der Waals surface area (Å²) in [5.41, 5.74) is 10.4. The van der Waals surface area contributed by atoms with Gasteiger partial charge in [-0.3, -0.25) is 19.8 Å². The molecule has 1 fully saturated rings. The molecule has 6 amide bonds. The Labute approximate surface area is 197 Å². The quantitative estimate of drug-likeness (QED) is 0.273. The van der Waals surface area contributed by atoms with E-state index in [-0.39, 0.29) is 26.2 Å². The highest BCUT2D eigenvalue weighted by atomic mass is 16.6. The predicted molar refractivity (Wildman–Crippen MR) is 121 cm³/mol. The Morgan fingerprint density at radius 1 is 0.912 bits per heavy atom. The van der Waals surface area contributed by atoms with Crippen LogP contribution in [0.25, 0.3) is 0 Å². The molecule has 1 aromatic rings. The monoisotopic (exact) mass is 477 g/mol. The van der Waals surface area contributed by atoms with Crippen molar-refractivity contribution < 1.29 is 28.7 Å². The summed E-state index contributed by atoms with van der Waals surface area (Å²) < 4.78 is 5.31. The van der Waals surface area contributed by atoms with Crippen molar-refractivity contribution >= 4 is 29.8 Å². The average Bonchev–Trinajstić information content (AvgIpc) is 2.82. The molecule has 13 heteroatoms. The molecule has 0 radical (unpaired) electrons. The van der Waals surface area contributed by atoms with E-state index in [1.54, 1.807) is 0 Å². The Bertz CT molecular complexity index is 874. The molecular formula is C21H31N7O6. The van der Waals surface area contributed by atoms with E-state index in [4.69, 9.17) is 10.5 Å². The molecular weight excluding hydrogens is 446 g/mol. The summed E-state index contributed by atoms with van der Waals surface area (Å²) in [6.45, 7) is 4.02. The molecule has 186 valence electrons. The minimum atomic E-state index is -0.919. The van der Waals surface area contributed by atoms with E-state index in [1.165, 1.54) is 23.6 Å². The number of piperazine rings is 1. The first-order valence-electron chi connectivity index (χ1n) is 10.8. The maximum absolute atomic E-state index is 12.5. The second kappa shape index (κ2) is 13.0. The molecule has 34 heavy (non-hydrogen) atoms. The van der Waals surface area contributed by atoms with Crippen molar-refractivity contribution in [2.24, 2.45) is 5.73 Å². The molecule has 0 aliphatic carbocycles. The van der Waals surface area contributed by atoms with Crippen LogP contribution in [0.5, 0.6) is 0 Å². The van der Waals surface area contributed by atoms with Crippen LogP contribution in [-0.2, 0) is 25.7 Å². The van der Waals surface area contributed by atoms with Gasteiger partial charge >= 0.3 is 12.1 Å². The number of amides is 6. The number of hydrogen-bond acceptors (Lipinski definition) is 7. The summed E-state index contributed by atoms with van der Waals surface area (Å²) in [4.78, 5) is 62.6. The first kappa shape index (κ1) is 26.4. The van der Waals surface area contributed by atoms with Gasteiger partial charge in [0.1, 0.15) is 18.7 Å². The number of rotatable bonds is 9. The fourth-order valence-electron chi connectivity index (χ4n) is 2.98. The van der Waals surface area contributed by atoms with Gasteiger partial charge in [0.25, 0.3) is 5.91 Å². The van der Waals surface area contributed by atoms with Gasteiger partial charge in [-0.2, -0.15) is 0 Å². The summed E-state index contributed by atoms with van der Waals surface area (Å²) in [7, 11) is 0. The predicted octanol–water partition coefficient (Wildman–Crippen LogP) is -1.35. The van der Waals surface area contributed by atoms with Crippen molar-refractivity contribution in [3.8, 4) is 0 Å². The maximum Gasteiger partial charge on any atom is 0.410 e. The number of carbonyl (C=O) groups excluding carboxylic acids is 5. The summed E-state index contributed by atoms with van der Waals surface area (Å²) in [5, 5.41) is 5.04. The van der Waals surface area contributed by atoms with Crippen LogP contribution in [-0.4, -0.2) is 84.5 Å². The minimum absolute atomic E-state index is 0.171. The molecule has 0 unspecified atom stereocenters. The second-order valence-corrected chi connectivity index (χ2v) is 7.72. The molecule has 0 aromatic heterocycles. The number of hydrogen-bond donors (Lipinski definition) is 5. The van der Waals surface area contributed by atoms with E-state index in [2.05, 4.69) is 21.5 Å². The zero-order valence-electron chi connectivity index (χ0n) is 19.2. The first-order valence-corrected chi connectivity index (χ1v) is 10.8. The highest BCUT2D eigenvalue weighted by Gasteiger charge is 2.27. The lowest BCUT2D eigenvalue weighted by Crippen LogP contribution is -2.57. The summed E-state index contributed by atoms with van der Waals surface area (Å²) in [6, 6.07) is 7.04. The largest absolute Gasteiger partial charge is 0.445 e. The van der Waals surface area contributed by atoms with Crippen LogP contribution in [0.1, 0.15) is 19.4 Å². The molecule has 0 spiro atoms. The van der Waals surface area contributed by atoms with Gasteiger partial charge in [0.05, 0.1) is 6.54 Å². The van der Waals surface area contributed by atoms with E-state index in [9.17, 15) is 24.0 Å². The number of hydrazine groups is 1. The highest BCUT2D eigenvalue weighted by molar-refractivity contribution is 5.91. The van der Waals surface area contributed by atoms with Gasteiger partial charge in [-0.15, -0.1) is 0 Å². The van der Waals surface area contributed by atoms with Crippen molar-refractivity contribution in [1.29, 1.82) is 0 Å². The van der Waals surface area contributed by atoms with Gasteiger partial charge in [-0.05, 0) is 19.4 Å². The Hall–Kier alpha value is -3.87. The molecule has 1 saturated heterocycles. The SMILES string of the molecule is C[C@H](NC(=O)[C@H](C)NC(=O)N1CCN(C(=O)OCc2ccccc2)CC1)C(=O)NNCC(N)=O. The molecule has 6 N–H and O–H groups in total. The van der Waals surface area contributed by atoms with Crippen molar-refractivity contribution in [3.05, 3.63) is 35.9 Å². The van der Waals surface area contributed by atoms with Gasteiger partial charge in [0.2, 0.25) is 11.8 Å². The van der Waals surface area contributed by atoms with Crippen molar-refractivity contribution in [3.63, 3.8) is 0 Å². The number of nitrogens with zero attached hydrogens (tertiary/aromatic N) is 2. The lowest BCUT2D eigenvalue weighted by molar-refractivity contribution is -0.130. The Balaban J connectivity index is 1.70. The number of carbonyl (C=O) groups is 5. The molecule has 2 rings (SSSR count). The molecule has 1 aliphatic rings. The summed E-state index contributed by atoms with van der Waals surface area (Å²) in [6.07, 6.45) is -0.450. The lowest BCUT2D eigenvalue weighted by Gasteiger charge is -2.34. The first-order chi connectivity index (χ1) is 16.2. The third-order valence-corrected chi connectivity index (χ3v) is 4.99. The van der Waals surface area contributed by atoms with E-state index >= 15 is 0 Å². The third kappa shape index (κ3) is 8.58. The number of benzene rings is 1. The number of urea groups is 1. The third-order valence-electron chi connectivity index (χ3n) is 4.99. The maximum atomic E-state index is 12.5. The topological polar surface area (TPSA) is 175 Å². The number of primary amides is 1. The van der Waals surface area contributed by atoms with Gasteiger partial charge in [0, 0.05) is 26.2 Å². The van der Waals surface area contributed by atoms with Crippen LogP contribution in [0.2, 0.25) is 0 Å². The Morgan fingerprint density at radius 2 is 1.50 bits per heavy atom. The Morgan fingerprint density at radius 3 is 2.12 bits per heavy atom. The van der Waals surface area contributed by atoms with E-state index in [0.717, 1.165) is 5.56 Å². The van der Waals surface area contributed by atoms with Crippen LogP contribution in [0.15, 0.2) is 30.3 Å². The molecule has 1 heterocycles. The van der Waals surface area contributed by atoms with Crippen LogP contribution < -0.4 is 27.2 Å². The van der Waals surface area contributed by atoms with Crippen LogP contribution in [0, 0.1) is 0 Å². The number of nitrogens with one attached hydrogen (secondary N) is 4. The highest BCUT2D eigenvalue weighted by Crippen LogP contribution is 2.07. The number of nitrogens with two attached hydrogens (primary N) is 1. The normalized spacial score (nSPS) is 15.0. The average molecular weight is 478 g/mol. The summed E-state index contributed by atoms with van der Waals surface area (Å²) in [5.74, 6) is -1.80. The molecule has 0 bridgehead atoms. The Kier molecular flexibility index (Phi) is 10.1. The van der Waals surface area contributed by atoms with Crippen LogP contribution >= 0.6 is 0 Å². The van der Waals surface area contributed by atoms with Crippen molar-refractivity contribution in [2.45, 2.75) is 32.5 Å². The molecule has 1 aliphatic heterocycles. The van der Waals surface area contributed by atoms with E-state index in [0.29, 0.717) is 13.1 Å². The van der Waals surface area contributed by atoms with Crippen LogP contribution in [0.3, 0.4) is 0 Å². The zero-order chi connectivity index (χ0) is 25.1. The van der Waals surface area contributed by atoms with Gasteiger partial charge < -0.3 is 30.9 Å². The smallest absolute Gasteiger partial charge is 0.410 e. The molecule has 0 saturated carbocycles. The fraction of sp³-hybridized carbons (Fsp3) is 0.476. The van der Waals surface area contributed by atoms with Crippen molar-refractivity contribution in [2.75, 3.05) is 32.7 Å². The molecule has 2 atom stereocenters. The number of ether oxygens (including phenoxy) is 1. The van der Waals surface area contributed by atoms with Crippen LogP contribution in [0.4, 0.5) is 9.59 Å². The standard InChI is InChI=1S/C21H31N7O6/c1-14(18(30)24-15(2)19(31)26-23-12-17(22)29)25-20(32)27-8-10-28(11-9-27)21(33)34-13-16-6-4-3-5-7-16/h3-7,14-15,23H,8-13H2,1-2H3,(H2,22,29)(H,24,30)(H,25,32)(H,26,31)/t14-,15-/m0/s1. The van der Waals surface area contributed by atoms with Crippen molar-refractivity contribution in [1.82, 2.24) is 31.3 Å². The van der Waals surface area contributed by atoms with E-state index in [1.807, 2.05) is 30.3 Å². The minimum Gasteiger partial charge on any atom is -0.445 e.